The summed E-state index contributed by atoms with van der Waals surface area (Å²) < 4.78 is 1.78. The van der Waals surface area contributed by atoms with E-state index in [1.54, 1.807) is 4.68 Å². The molecule has 1 aliphatic heterocycles. The minimum absolute atomic E-state index is 0.157. The van der Waals surface area contributed by atoms with Crippen LogP contribution in [0.3, 0.4) is 0 Å². The van der Waals surface area contributed by atoms with Crippen LogP contribution < -0.4 is 5.32 Å². The summed E-state index contributed by atoms with van der Waals surface area (Å²) >= 11 is 0. The fourth-order valence-electron chi connectivity index (χ4n) is 2.17. The van der Waals surface area contributed by atoms with Gasteiger partial charge in [0, 0.05) is 45.0 Å². The first-order chi connectivity index (χ1) is 7.72. The standard InChI is InChI=1S/C11H17N5/c1-9-10(8-15(2)14-9)11(7-12)16-5-3-13-4-6-16/h8,11,13H,3-6H2,1-2H3. The average Bonchev–Trinajstić information content (AvgIpc) is 2.61. The zero-order chi connectivity index (χ0) is 11.5. The first kappa shape index (κ1) is 11.1. The van der Waals surface area contributed by atoms with Crippen molar-refractivity contribution in [2.75, 3.05) is 26.2 Å². The predicted molar refractivity (Wildman–Crippen MR) is 60.7 cm³/mol. The maximum Gasteiger partial charge on any atom is 0.127 e. The van der Waals surface area contributed by atoms with Gasteiger partial charge in [0.05, 0.1) is 11.8 Å². The second-order valence-corrected chi connectivity index (χ2v) is 4.16. The second kappa shape index (κ2) is 4.64. The van der Waals surface area contributed by atoms with Crippen molar-refractivity contribution in [2.45, 2.75) is 13.0 Å². The van der Waals surface area contributed by atoms with Crippen LogP contribution in [0.2, 0.25) is 0 Å². The predicted octanol–water partition coefficient (Wildman–Crippen LogP) is 0.198. The zero-order valence-electron chi connectivity index (χ0n) is 9.77. The summed E-state index contributed by atoms with van der Waals surface area (Å²) in [7, 11) is 1.89. The SMILES string of the molecule is Cc1nn(C)cc1C(C#N)N1CCNCC1. The van der Waals surface area contributed by atoms with E-state index in [0.717, 1.165) is 37.4 Å². The van der Waals surface area contributed by atoms with E-state index < -0.39 is 0 Å². The maximum absolute atomic E-state index is 9.32. The molecule has 1 saturated heterocycles. The molecule has 1 N–H and O–H groups in total. The highest BCUT2D eigenvalue weighted by atomic mass is 15.3. The molecule has 86 valence electrons. The number of hydrogen-bond donors (Lipinski definition) is 1. The molecule has 1 fully saturated rings. The van der Waals surface area contributed by atoms with Crippen LogP contribution in [-0.2, 0) is 7.05 Å². The summed E-state index contributed by atoms with van der Waals surface area (Å²) in [6, 6.07) is 2.23. The molecule has 16 heavy (non-hydrogen) atoms. The van der Waals surface area contributed by atoms with Crippen molar-refractivity contribution in [3.63, 3.8) is 0 Å². The molecule has 0 radical (unpaired) electrons. The van der Waals surface area contributed by atoms with Crippen molar-refractivity contribution < 1.29 is 0 Å². The highest BCUT2D eigenvalue weighted by molar-refractivity contribution is 5.25. The normalized spacial score (nSPS) is 19.3. The number of hydrogen-bond acceptors (Lipinski definition) is 4. The first-order valence-corrected chi connectivity index (χ1v) is 5.57. The van der Waals surface area contributed by atoms with Gasteiger partial charge in [0.1, 0.15) is 6.04 Å². The highest BCUT2D eigenvalue weighted by Crippen LogP contribution is 2.22. The van der Waals surface area contributed by atoms with Gasteiger partial charge in [-0.1, -0.05) is 0 Å². The molecule has 1 unspecified atom stereocenters. The molecule has 1 aromatic rings. The summed E-state index contributed by atoms with van der Waals surface area (Å²) in [5.74, 6) is 0. The number of aryl methyl sites for hydroxylation is 2. The molecule has 0 amide bonds. The number of piperazine rings is 1. The Morgan fingerprint density at radius 1 is 1.50 bits per heavy atom. The molecule has 1 atom stereocenters. The fraction of sp³-hybridized carbons (Fsp3) is 0.636. The maximum atomic E-state index is 9.32. The minimum Gasteiger partial charge on any atom is -0.314 e. The van der Waals surface area contributed by atoms with Crippen LogP contribution in [0.15, 0.2) is 6.20 Å². The van der Waals surface area contributed by atoms with Gasteiger partial charge < -0.3 is 5.32 Å². The van der Waals surface area contributed by atoms with Gasteiger partial charge in [-0.3, -0.25) is 9.58 Å². The van der Waals surface area contributed by atoms with Crippen LogP contribution in [0.1, 0.15) is 17.3 Å². The topological polar surface area (TPSA) is 56.9 Å². The van der Waals surface area contributed by atoms with Crippen molar-refractivity contribution >= 4 is 0 Å². The molecule has 5 nitrogen and oxygen atoms in total. The Bertz CT molecular complexity index is 397. The molecule has 0 aromatic carbocycles. The molecule has 2 rings (SSSR count). The summed E-state index contributed by atoms with van der Waals surface area (Å²) in [5.41, 5.74) is 1.99. The molecular formula is C11H17N5. The summed E-state index contributed by atoms with van der Waals surface area (Å²) in [6.07, 6.45) is 1.95. The fourth-order valence-corrected chi connectivity index (χ4v) is 2.17. The van der Waals surface area contributed by atoms with E-state index in [4.69, 9.17) is 0 Å². The molecule has 0 spiro atoms. The van der Waals surface area contributed by atoms with Crippen molar-refractivity contribution in [1.29, 1.82) is 5.26 Å². The molecule has 1 aliphatic rings. The Kier molecular flexibility index (Phi) is 3.22. The highest BCUT2D eigenvalue weighted by Gasteiger charge is 2.24. The third-order valence-corrected chi connectivity index (χ3v) is 2.99. The summed E-state index contributed by atoms with van der Waals surface area (Å²) in [6.45, 7) is 5.72. The molecule has 0 bridgehead atoms. The van der Waals surface area contributed by atoms with E-state index in [1.165, 1.54) is 0 Å². The smallest absolute Gasteiger partial charge is 0.127 e. The van der Waals surface area contributed by atoms with E-state index in [-0.39, 0.29) is 6.04 Å². The number of aromatic nitrogens is 2. The average molecular weight is 219 g/mol. The van der Waals surface area contributed by atoms with Crippen molar-refractivity contribution in [3.05, 3.63) is 17.5 Å². The van der Waals surface area contributed by atoms with Gasteiger partial charge in [-0.25, -0.2) is 0 Å². The lowest BCUT2D eigenvalue weighted by molar-refractivity contribution is 0.207. The molecule has 0 saturated carbocycles. The lowest BCUT2D eigenvalue weighted by Gasteiger charge is -2.30. The number of rotatable bonds is 2. The zero-order valence-corrected chi connectivity index (χ0v) is 9.77. The van der Waals surface area contributed by atoms with Crippen LogP contribution in [-0.4, -0.2) is 40.9 Å². The van der Waals surface area contributed by atoms with Crippen LogP contribution >= 0.6 is 0 Å². The molecule has 5 heteroatoms. The van der Waals surface area contributed by atoms with Crippen LogP contribution in [0.5, 0.6) is 0 Å². The quantitative estimate of drug-likeness (QED) is 0.772. The third kappa shape index (κ3) is 2.08. The van der Waals surface area contributed by atoms with E-state index in [2.05, 4.69) is 21.4 Å². The lowest BCUT2D eigenvalue weighted by atomic mass is 10.1. The van der Waals surface area contributed by atoms with Gasteiger partial charge in [-0.2, -0.15) is 10.4 Å². The Morgan fingerprint density at radius 3 is 2.69 bits per heavy atom. The third-order valence-electron chi connectivity index (χ3n) is 2.99. The lowest BCUT2D eigenvalue weighted by Crippen LogP contribution is -2.44. The van der Waals surface area contributed by atoms with Gasteiger partial charge in [-0.05, 0) is 6.92 Å². The monoisotopic (exact) mass is 219 g/mol. The van der Waals surface area contributed by atoms with E-state index in [0.29, 0.717) is 0 Å². The van der Waals surface area contributed by atoms with E-state index >= 15 is 0 Å². The number of nitrogens with zero attached hydrogens (tertiary/aromatic N) is 4. The van der Waals surface area contributed by atoms with Crippen molar-refractivity contribution in [1.82, 2.24) is 20.0 Å². The number of nitriles is 1. The Labute approximate surface area is 95.7 Å². The largest absolute Gasteiger partial charge is 0.314 e. The minimum atomic E-state index is -0.157. The van der Waals surface area contributed by atoms with Gasteiger partial charge in [0.2, 0.25) is 0 Å². The summed E-state index contributed by atoms with van der Waals surface area (Å²) in [5, 5.41) is 16.9. The van der Waals surface area contributed by atoms with Crippen molar-refractivity contribution in [2.24, 2.45) is 7.05 Å². The second-order valence-electron chi connectivity index (χ2n) is 4.16. The number of nitrogens with one attached hydrogen (secondary N) is 1. The van der Waals surface area contributed by atoms with E-state index in [9.17, 15) is 5.26 Å². The van der Waals surface area contributed by atoms with Crippen LogP contribution in [0, 0.1) is 18.3 Å². The van der Waals surface area contributed by atoms with Gasteiger partial charge in [0.25, 0.3) is 0 Å². The van der Waals surface area contributed by atoms with Crippen LogP contribution in [0.4, 0.5) is 0 Å². The van der Waals surface area contributed by atoms with Crippen LogP contribution in [0.25, 0.3) is 0 Å². The van der Waals surface area contributed by atoms with Gasteiger partial charge in [0.15, 0.2) is 0 Å². The van der Waals surface area contributed by atoms with Gasteiger partial charge in [-0.15, -0.1) is 0 Å². The molecular weight excluding hydrogens is 202 g/mol. The Balaban J connectivity index is 2.22. The first-order valence-electron chi connectivity index (χ1n) is 5.57. The molecule has 0 aliphatic carbocycles. The Hall–Kier alpha value is -1.38. The molecule has 1 aromatic heterocycles. The Morgan fingerprint density at radius 2 is 2.19 bits per heavy atom. The summed E-state index contributed by atoms with van der Waals surface area (Å²) in [4.78, 5) is 2.21. The van der Waals surface area contributed by atoms with E-state index in [1.807, 2.05) is 20.2 Å². The molecule has 2 heterocycles. The van der Waals surface area contributed by atoms with Crippen molar-refractivity contribution in [3.8, 4) is 6.07 Å². The van der Waals surface area contributed by atoms with Gasteiger partial charge >= 0.3 is 0 Å².